The highest BCUT2D eigenvalue weighted by atomic mass is 32.1. The molecule has 84 valence electrons. The molecular weight excluding hydrogens is 237 g/mol. The molecule has 2 aromatic rings. The first-order valence-corrected chi connectivity index (χ1v) is 4.83. The number of benzene rings is 1. The Labute approximate surface area is 94.1 Å². The Bertz CT molecular complexity index is 553. The van der Waals surface area contributed by atoms with Gasteiger partial charge in [-0.15, -0.1) is 0 Å². The van der Waals surface area contributed by atoms with E-state index in [-0.39, 0.29) is 0 Å². The van der Waals surface area contributed by atoms with Crippen molar-refractivity contribution in [1.29, 1.82) is 0 Å². The van der Waals surface area contributed by atoms with Gasteiger partial charge in [0.1, 0.15) is 0 Å². The predicted octanol–water partition coefficient (Wildman–Crippen LogP) is 3.76. The molecule has 2 N–H and O–H groups in total. The summed E-state index contributed by atoms with van der Waals surface area (Å²) in [6.45, 7) is 0. The molecule has 0 saturated carbocycles. The molecule has 2 rings (SSSR count). The van der Waals surface area contributed by atoms with E-state index in [1.54, 1.807) is 6.07 Å². The zero-order chi connectivity index (χ0) is 11.8. The Morgan fingerprint density at radius 2 is 1.94 bits per heavy atom. The van der Waals surface area contributed by atoms with Gasteiger partial charge in [0.15, 0.2) is 4.77 Å². The van der Waals surface area contributed by atoms with Crippen LogP contribution in [0.4, 0.5) is 13.2 Å². The standard InChI is InChI=1S/C10H7F3N2S/c11-10(12,13)7-3-1-2-6(4-7)8-5-14-9(16)15-8/h1-5H,(H2,14,15,16). The van der Waals surface area contributed by atoms with Crippen molar-refractivity contribution < 1.29 is 13.2 Å². The second kappa shape index (κ2) is 3.79. The lowest BCUT2D eigenvalue weighted by Gasteiger charge is -2.07. The van der Waals surface area contributed by atoms with Crippen molar-refractivity contribution >= 4 is 12.2 Å². The van der Waals surface area contributed by atoms with Crippen molar-refractivity contribution in [3.8, 4) is 11.3 Å². The van der Waals surface area contributed by atoms with E-state index < -0.39 is 11.7 Å². The van der Waals surface area contributed by atoms with Gasteiger partial charge in [-0.2, -0.15) is 13.2 Å². The second-order valence-electron chi connectivity index (χ2n) is 3.24. The van der Waals surface area contributed by atoms with Crippen molar-refractivity contribution in [3.05, 3.63) is 40.8 Å². The Balaban J connectivity index is 2.48. The number of aromatic amines is 2. The van der Waals surface area contributed by atoms with Crippen molar-refractivity contribution in [2.75, 3.05) is 0 Å². The summed E-state index contributed by atoms with van der Waals surface area (Å²) in [4.78, 5) is 5.47. The molecule has 0 aliphatic heterocycles. The number of hydrogen-bond acceptors (Lipinski definition) is 1. The van der Waals surface area contributed by atoms with Gasteiger partial charge in [0.05, 0.1) is 11.3 Å². The number of aromatic nitrogens is 2. The van der Waals surface area contributed by atoms with E-state index in [1.165, 1.54) is 12.3 Å². The monoisotopic (exact) mass is 244 g/mol. The maximum absolute atomic E-state index is 12.5. The number of nitrogens with one attached hydrogen (secondary N) is 2. The number of rotatable bonds is 1. The van der Waals surface area contributed by atoms with Crippen molar-refractivity contribution in [1.82, 2.24) is 9.97 Å². The average Bonchev–Trinajstić information content (AvgIpc) is 2.64. The molecule has 0 bridgehead atoms. The number of H-pyrrole nitrogens is 2. The number of imidazole rings is 1. The SMILES string of the molecule is FC(F)(F)c1cccc(-c2c[nH]c(=S)[nH]2)c1. The smallest absolute Gasteiger partial charge is 0.337 e. The van der Waals surface area contributed by atoms with Crippen LogP contribution in [0.25, 0.3) is 11.3 Å². The van der Waals surface area contributed by atoms with E-state index in [4.69, 9.17) is 12.2 Å². The minimum atomic E-state index is -4.33. The first-order chi connectivity index (χ1) is 7.47. The van der Waals surface area contributed by atoms with Crippen LogP contribution >= 0.6 is 12.2 Å². The molecule has 6 heteroatoms. The molecular formula is C10H7F3N2S. The van der Waals surface area contributed by atoms with E-state index in [2.05, 4.69) is 9.97 Å². The van der Waals surface area contributed by atoms with Gasteiger partial charge >= 0.3 is 6.18 Å². The molecule has 0 saturated heterocycles. The fraction of sp³-hybridized carbons (Fsp3) is 0.100. The van der Waals surface area contributed by atoms with Crippen molar-refractivity contribution in [2.24, 2.45) is 0 Å². The summed E-state index contributed by atoms with van der Waals surface area (Å²) >= 11 is 4.81. The van der Waals surface area contributed by atoms with E-state index in [0.29, 0.717) is 16.0 Å². The van der Waals surface area contributed by atoms with E-state index in [9.17, 15) is 13.2 Å². The van der Waals surface area contributed by atoms with Gasteiger partial charge in [-0.25, -0.2) is 0 Å². The largest absolute Gasteiger partial charge is 0.416 e. The predicted molar refractivity (Wildman–Crippen MR) is 56.4 cm³/mol. The van der Waals surface area contributed by atoms with E-state index in [0.717, 1.165) is 12.1 Å². The number of hydrogen-bond donors (Lipinski definition) is 2. The summed E-state index contributed by atoms with van der Waals surface area (Å²) in [7, 11) is 0. The normalized spacial score (nSPS) is 11.7. The average molecular weight is 244 g/mol. The third-order valence-corrected chi connectivity index (χ3v) is 2.32. The zero-order valence-corrected chi connectivity index (χ0v) is 8.75. The summed E-state index contributed by atoms with van der Waals surface area (Å²) in [5.74, 6) is 0. The van der Waals surface area contributed by atoms with Crippen LogP contribution in [-0.2, 0) is 6.18 Å². The summed E-state index contributed by atoms with van der Waals surface area (Å²) in [5.41, 5.74) is 0.309. The zero-order valence-electron chi connectivity index (χ0n) is 7.93. The minimum Gasteiger partial charge on any atom is -0.337 e. The fourth-order valence-electron chi connectivity index (χ4n) is 1.35. The summed E-state index contributed by atoms with van der Waals surface area (Å²) < 4.78 is 37.7. The topological polar surface area (TPSA) is 31.6 Å². The highest BCUT2D eigenvalue weighted by molar-refractivity contribution is 7.71. The maximum Gasteiger partial charge on any atom is 0.416 e. The Kier molecular flexibility index (Phi) is 2.59. The van der Waals surface area contributed by atoms with Gasteiger partial charge in [-0.1, -0.05) is 12.1 Å². The third kappa shape index (κ3) is 2.16. The molecule has 0 unspecified atom stereocenters. The van der Waals surface area contributed by atoms with Crippen LogP contribution in [0.5, 0.6) is 0 Å². The highest BCUT2D eigenvalue weighted by Gasteiger charge is 2.30. The third-order valence-electron chi connectivity index (χ3n) is 2.10. The maximum atomic E-state index is 12.5. The molecule has 1 aromatic heterocycles. The first-order valence-electron chi connectivity index (χ1n) is 4.42. The number of alkyl halides is 3. The van der Waals surface area contributed by atoms with Gasteiger partial charge in [0.25, 0.3) is 0 Å². The number of halogens is 3. The fourth-order valence-corrected chi connectivity index (χ4v) is 1.52. The molecule has 0 amide bonds. The van der Waals surface area contributed by atoms with Crippen LogP contribution in [0.1, 0.15) is 5.56 Å². The molecule has 1 heterocycles. The lowest BCUT2D eigenvalue weighted by atomic mass is 10.1. The molecule has 16 heavy (non-hydrogen) atoms. The van der Waals surface area contributed by atoms with Gasteiger partial charge in [0.2, 0.25) is 0 Å². The van der Waals surface area contributed by atoms with Crippen LogP contribution in [-0.4, -0.2) is 9.97 Å². The van der Waals surface area contributed by atoms with E-state index >= 15 is 0 Å². The first kappa shape index (κ1) is 10.9. The molecule has 2 nitrogen and oxygen atoms in total. The Hall–Kier alpha value is -1.56. The Morgan fingerprint density at radius 1 is 1.19 bits per heavy atom. The summed E-state index contributed by atoms with van der Waals surface area (Å²) in [6, 6.07) is 5.06. The molecule has 0 spiro atoms. The highest BCUT2D eigenvalue weighted by Crippen LogP contribution is 2.31. The molecule has 0 aliphatic carbocycles. The quantitative estimate of drug-likeness (QED) is 0.735. The van der Waals surface area contributed by atoms with Gasteiger partial charge in [-0.05, 0) is 24.4 Å². The lowest BCUT2D eigenvalue weighted by Crippen LogP contribution is -2.04. The molecule has 0 radical (unpaired) electrons. The van der Waals surface area contributed by atoms with Crippen molar-refractivity contribution in [3.63, 3.8) is 0 Å². The van der Waals surface area contributed by atoms with Crippen LogP contribution < -0.4 is 0 Å². The van der Waals surface area contributed by atoms with Crippen LogP contribution in [0.2, 0.25) is 0 Å². The van der Waals surface area contributed by atoms with E-state index in [1.807, 2.05) is 0 Å². The summed E-state index contributed by atoms with van der Waals surface area (Å²) in [5, 5.41) is 0. The minimum absolute atomic E-state index is 0.382. The summed E-state index contributed by atoms with van der Waals surface area (Å²) in [6.07, 6.45) is -2.79. The molecule has 0 atom stereocenters. The van der Waals surface area contributed by atoms with Gasteiger partial charge < -0.3 is 9.97 Å². The lowest BCUT2D eigenvalue weighted by molar-refractivity contribution is -0.137. The second-order valence-corrected chi connectivity index (χ2v) is 3.64. The van der Waals surface area contributed by atoms with Crippen LogP contribution in [0.3, 0.4) is 0 Å². The van der Waals surface area contributed by atoms with Crippen molar-refractivity contribution in [2.45, 2.75) is 6.18 Å². The van der Waals surface area contributed by atoms with Crippen LogP contribution in [0, 0.1) is 4.77 Å². The Morgan fingerprint density at radius 3 is 2.50 bits per heavy atom. The van der Waals surface area contributed by atoms with Crippen LogP contribution in [0.15, 0.2) is 30.5 Å². The van der Waals surface area contributed by atoms with Gasteiger partial charge in [0, 0.05) is 11.8 Å². The van der Waals surface area contributed by atoms with Gasteiger partial charge in [-0.3, -0.25) is 0 Å². The molecule has 0 aliphatic rings. The molecule has 1 aromatic carbocycles. The molecule has 0 fully saturated rings.